The Balaban J connectivity index is 1.56. The molecule has 4 aromatic rings. The fourth-order valence-electron chi connectivity index (χ4n) is 3.28. The van der Waals surface area contributed by atoms with Gasteiger partial charge in [0.1, 0.15) is 18.1 Å². The van der Waals surface area contributed by atoms with Crippen LogP contribution in [0.25, 0.3) is 10.9 Å². The number of ether oxygens (including phenoxy) is 1. The normalized spacial score (nSPS) is 11.4. The lowest BCUT2D eigenvalue weighted by atomic mass is 10.1. The third kappa shape index (κ3) is 4.39. The van der Waals surface area contributed by atoms with E-state index in [0.717, 1.165) is 16.7 Å². The molecule has 4 rings (SSSR count). The Morgan fingerprint density at radius 2 is 2.17 bits per heavy atom. The largest absolute Gasteiger partial charge is 0.497 e. The molecule has 1 aromatic carbocycles. The van der Waals surface area contributed by atoms with Gasteiger partial charge in [0.15, 0.2) is 5.82 Å². The highest BCUT2D eigenvalue weighted by Crippen LogP contribution is 2.19. The Morgan fingerprint density at radius 3 is 2.93 bits per heavy atom. The van der Waals surface area contributed by atoms with Crippen LogP contribution in [0.1, 0.15) is 17.1 Å². The molecule has 2 N–H and O–H groups in total. The fraction of sp³-hybridized carbons (Fsp3) is 0.300. The zero-order chi connectivity index (χ0) is 20.9. The van der Waals surface area contributed by atoms with Crippen LogP contribution in [0, 0.1) is 0 Å². The van der Waals surface area contributed by atoms with Gasteiger partial charge in [-0.3, -0.25) is 9.69 Å². The minimum atomic E-state index is -0.175. The van der Waals surface area contributed by atoms with E-state index in [1.807, 2.05) is 29.2 Å². The maximum atomic E-state index is 12.6. The van der Waals surface area contributed by atoms with Crippen LogP contribution in [0.4, 0.5) is 0 Å². The van der Waals surface area contributed by atoms with E-state index in [1.54, 1.807) is 30.2 Å². The average Bonchev–Trinajstić information content (AvgIpc) is 3.41. The van der Waals surface area contributed by atoms with Gasteiger partial charge in [0, 0.05) is 29.6 Å². The van der Waals surface area contributed by atoms with Crippen LogP contribution in [-0.4, -0.2) is 55.5 Å². The van der Waals surface area contributed by atoms with Crippen LogP contribution in [0.5, 0.6) is 5.75 Å². The molecule has 0 atom stereocenters. The highest BCUT2D eigenvalue weighted by molar-refractivity contribution is 5.80. The van der Waals surface area contributed by atoms with Crippen molar-refractivity contribution in [3.05, 3.63) is 70.2 Å². The van der Waals surface area contributed by atoms with Crippen LogP contribution in [0.2, 0.25) is 0 Å². The summed E-state index contributed by atoms with van der Waals surface area (Å²) in [5.41, 5.74) is 1.14. The molecule has 0 radical (unpaired) electrons. The molecule has 156 valence electrons. The van der Waals surface area contributed by atoms with Gasteiger partial charge in [-0.15, -0.1) is 5.10 Å². The molecule has 30 heavy (non-hydrogen) atoms. The number of tetrazole rings is 1. The molecule has 3 aromatic heterocycles. The summed E-state index contributed by atoms with van der Waals surface area (Å²) < 4.78 is 12.3. The number of aliphatic hydroxyl groups excluding tert-OH is 1. The van der Waals surface area contributed by atoms with Gasteiger partial charge in [0.2, 0.25) is 0 Å². The van der Waals surface area contributed by atoms with E-state index in [1.165, 1.54) is 0 Å². The molecule has 0 aliphatic rings. The van der Waals surface area contributed by atoms with E-state index in [-0.39, 0.29) is 12.2 Å². The molecule has 0 aliphatic carbocycles. The lowest BCUT2D eigenvalue weighted by molar-refractivity contribution is 0.178. The summed E-state index contributed by atoms with van der Waals surface area (Å²) in [4.78, 5) is 17.4. The van der Waals surface area contributed by atoms with Crippen molar-refractivity contribution in [2.45, 2.75) is 19.6 Å². The molecule has 0 unspecified atom stereocenters. The Bertz CT molecular complexity index is 1170. The number of fused-ring (bicyclic) bond motifs is 1. The number of nitrogens with zero attached hydrogens (tertiary/aromatic N) is 5. The maximum absolute atomic E-state index is 12.6. The maximum Gasteiger partial charge on any atom is 0.252 e. The van der Waals surface area contributed by atoms with Crippen LogP contribution >= 0.6 is 0 Å². The van der Waals surface area contributed by atoms with E-state index in [0.29, 0.717) is 43.3 Å². The quantitative estimate of drug-likeness (QED) is 0.421. The third-order valence-electron chi connectivity index (χ3n) is 4.80. The van der Waals surface area contributed by atoms with E-state index in [2.05, 4.69) is 20.5 Å². The van der Waals surface area contributed by atoms with Crippen LogP contribution in [0.15, 0.2) is 51.9 Å². The molecule has 0 saturated heterocycles. The molecular weight excluding hydrogens is 388 g/mol. The Morgan fingerprint density at radius 1 is 1.27 bits per heavy atom. The standard InChI is InChI=1S/C20H22N6O4/c1-29-16-4-5-18-14(10-16)9-15(20(28)21-18)11-25(6-7-27)13-19-22-23-24-26(19)12-17-3-2-8-30-17/h2-5,8-10,27H,6-7,11-13H2,1H3,(H,21,28). The van der Waals surface area contributed by atoms with Gasteiger partial charge in [-0.25, -0.2) is 4.68 Å². The number of rotatable bonds is 9. The average molecular weight is 410 g/mol. The van der Waals surface area contributed by atoms with Crippen molar-refractivity contribution in [1.82, 2.24) is 30.1 Å². The van der Waals surface area contributed by atoms with E-state index >= 15 is 0 Å². The van der Waals surface area contributed by atoms with E-state index in [9.17, 15) is 9.90 Å². The number of aromatic nitrogens is 5. The molecular formula is C20H22N6O4. The SMILES string of the molecule is COc1ccc2[nH]c(=O)c(CN(CCO)Cc3nnnn3Cc3ccco3)cc2c1. The predicted molar refractivity (Wildman–Crippen MR) is 108 cm³/mol. The van der Waals surface area contributed by atoms with E-state index < -0.39 is 0 Å². The highest BCUT2D eigenvalue weighted by Gasteiger charge is 2.15. The number of hydrogen-bond acceptors (Lipinski definition) is 8. The van der Waals surface area contributed by atoms with Crippen LogP contribution < -0.4 is 10.3 Å². The number of furan rings is 1. The molecule has 0 bridgehead atoms. The van der Waals surface area contributed by atoms with E-state index in [4.69, 9.17) is 9.15 Å². The Kier molecular flexibility index (Phi) is 5.87. The summed E-state index contributed by atoms with van der Waals surface area (Å²) in [6.45, 7) is 1.40. The highest BCUT2D eigenvalue weighted by atomic mass is 16.5. The number of benzene rings is 1. The first-order valence-electron chi connectivity index (χ1n) is 9.47. The second kappa shape index (κ2) is 8.89. The zero-order valence-electron chi connectivity index (χ0n) is 16.5. The topological polar surface area (TPSA) is 122 Å². The van der Waals surface area contributed by atoms with Crippen molar-refractivity contribution >= 4 is 10.9 Å². The van der Waals surface area contributed by atoms with Crippen molar-refractivity contribution < 1.29 is 14.3 Å². The first kappa shape index (κ1) is 19.8. The number of nitrogens with one attached hydrogen (secondary N) is 1. The summed E-state index contributed by atoms with van der Waals surface area (Å²) in [7, 11) is 1.60. The van der Waals surface area contributed by atoms with Crippen LogP contribution in [-0.2, 0) is 19.6 Å². The monoisotopic (exact) mass is 410 g/mol. The van der Waals surface area contributed by atoms with Gasteiger partial charge in [0.25, 0.3) is 5.56 Å². The van der Waals surface area contributed by atoms with Crippen molar-refractivity contribution in [1.29, 1.82) is 0 Å². The van der Waals surface area contributed by atoms with Crippen molar-refractivity contribution in [2.75, 3.05) is 20.3 Å². The molecule has 10 heteroatoms. The van der Waals surface area contributed by atoms with Crippen molar-refractivity contribution in [3.63, 3.8) is 0 Å². The first-order valence-corrected chi connectivity index (χ1v) is 9.47. The number of H-pyrrole nitrogens is 1. The summed E-state index contributed by atoms with van der Waals surface area (Å²) in [6, 6.07) is 11.0. The Labute approximate surface area is 171 Å². The number of methoxy groups -OCH3 is 1. The van der Waals surface area contributed by atoms with Gasteiger partial charge in [-0.2, -0.15) is 0 Å². The summed E-state index contributed by atoms with van der Waals surface area (Å²) >= 11 is 0. The molecule has 0 aliphatic heterocycles. The predicted octanol–water partition coefficient (Wildman–Crippen LogP) is 1.16. The van der Waals surface area contributed by atoms with Crippen LogP contribution in [0.3, 0.4) is 0 Å². The minimum absolute atomic E-state index is 0.0565. The van der Waals surface area contributed by atoms with Crippen molar-refractivity contribution in [2.24, 2.45) is 0 Å². The van der Waals surface area contributed by atoms with Gasteiger partial charge in [-0.05, 0) is 46.8 Å². The Hall–Kier alpha value is -3.50. The lowest BCUT2D eigenvalue weighted by Crippen LogP contribution is -2.30. The molecule has 3 heterocycles. The zero-order valence-corrected chi connectivity index (χ0v) is 16.5. The van der Waals surface area contributed by atoms with Gasteiger partial charge < -0.3 is 19.2 Å². The number of aliphatic hydroxyl groups is 1. The number of aromatic amines is 1. The van der Waals surface area contributed by atoms with Gasteiger partial charge in [0.05, 0.1) is 26.5 Å². The van der Waals surface area contributed by atoms with Crippen molar-refractivity contribution in [3.8, 4) is 5.75 Å². The minimum Gasteiger partial charge on any atom is -0.497 e. The van der Waals surface area contributed by atoms with Gasteiger partial charge >= 0.3 is 0 Å². The lowest BCUT2D eigenvalue weighted by Gasteiger charge is -2.20. The molecule has 10 nitrogen and oxygen atoms in total. The second-order valence-electron chi connectivity index (χ2n) is 6.84. The summed E-state index contributed by atoms with van der Waals surface area (Å²) in [6.07, 6.45) is 1.60. The first-order chi connectivity index (χ1) is 14.7. The van der Waals surface area contributed by atoms with Gasteiger partial charge in [-0.1, -0.05) is 0 Å². The fourth-order valence-corrected chi connectivity index (χ4v) is 3.28. The molecule has 0 fully saturated rings. The third-order valence-corrected chi connectivity index (χ3v) is 4.80. The molecule has 0 spiro atoms. The molecule has 0 amide bonds. The smallest absolute Gasteiger partial charge is 0.252 e. The molecule has 0 saturated carbocycles. The second-order valence-corrected chi connectivity index (χ2v) is 6.84. The number of hydrogen-bond donors (Lipinski definition) is 2. The summed E-state index contributed by atoms with van der Waals surface area (Å²) in [5.74, 6) is 2.06. The summed E-state index contributed by atoms with van der Waals surface area (Å²) in [5, 5.41) is 22.2. The number of pyridine rings is 1.